The second-order valence-electron chi connectivity index (χ2n) is 5.06. The molecule has 0 bridgehead atoms. The Morgan fingerprint density at radius 2 is 1.81 bits per heavy atom. The molecule has 0 saturated heterocycles. The molecule has 1 amide bonds. The molecule has 0 aromatic rings. The van der Waals surface area contributed by atoms with E-state index in [0.29, 0.717) is 0 Å². The first kappa shape index (κ1) is 14.9. The maximum atomic E-state index is 11.4. The van der Waals surface area contributed by atoms with Gasteiger partial charge in [0.25, 0.3) is 0 Å². The number of carbonyl (C=O) groups excluding carboxylic acids is 1. The van der Waals surface area contributed by atoms with E-state index in [9.17, 15) is 9.59 Å². The van der Waals surface area contributed by atoms with E-state index >= 15 is 0 Å². The molecular formula is C11H21NO4. The molecule has 0 aromatic heterocycles. The van der Waals surface area contributed by atoms with Crippen molar-refractivity contribution in [1.29, 1.82) is 0 Å². The van der Waals surface area contributed by atoms with E-state index in [4.69, 9.17) is 9.84 Å². The van der Waals surface area contributed by atoms with Gasteiger partial charge in [-0.3, -0.25) is 4.79 Å². The molecule has 0 aliphatic carbocycles. The third kappa shape index (κ3) is 5.70. The molecule has 0 fully saturated rings. The topological polar surface area (TPSA) is 75.6 Å². The lowest BCUT2D eigenvalue weighted by molar-refractivity contribution is -0.145. The second-order valence-corrected chi connectivity index (χ2v) is 5.06. The minimum Gasteiger partial charge on any atom is -0.480 e. The number of rotatable bonds is 5. The smallest absolute Gasteiger partial charge is 0.326 e. The number of nitrogens with one attached hydrogen (secondary N) is 1. The van der Waals surface area contributed by atoms with Gasteiger partial charge in [0, 0.05) is 0 Å². The number of carboxylic acid groups (broad SMARTS) is 1. The van der Waals surface area contributed by atoms with Crippen molar-refractivity contribution in [3.8, 4) is 0 Å². The van der Waals surface area contributed by atoms with Crippen molar-refractivity contribution in [3.63, 3.8) is 0 Å². The van der Waals surface area contributed by atoms with Crippen molar-refractivity contribution >= 4 is 11.9 Å². The van der Waals surface area contributed by atoms with Crippen LogP contribution in [0.25, 0.3) is 0 Å². The highest BCUT2D eigenvalue weighted by Gasteiger charge is 2.32. The summed E-state index contributed by atoms with van der Waals surface area (Å²) < 4.78 is 5.09. The molecule has 1 atom stereocenters. The quantitative estimate of drug-likeness (QED) is 0.741. The van der Waals surface area contributed by atoms with Crippen LogP contribution in [0, 0.1) is 5.41 Å². The summed E-state index contributed by atoms with van der Waals surface area (Å²) in [6, 6.07) is -0.907. The van der Waals surface area contributed by atoms with E-state index in [2.05, 4.69) is 5.32 Å². The molecule has 0 heterocycles. The fraction of sp³-hybridized carbons (Fsp3) is 0.818. The number of carbonyl (C=O) groups is 2. The van der Waals surface area contributed by atoms with Gasteiger partial charge in [0.15, 0.2) is 0 Å². The van der Waals surface area contributed by atoms with Crippen LogP contribution in [0.2, 0.25) is 0 Å². The first-order chi connectivity index (χ1) is 7.14. The Morgan fingerprint density at radius 3 is 2.12 bits per heavy atom. The fourth-order valence-corrected chi connectivity index (χ4v) is 1.09. The highest BCUT2D eigenvalue weighted by atomic mass is 16.5. The van der Waals surface area contributed by atoms with Gasteiger partial charge in [-0.1, -0.05) is 20.8 Å². The number of amides is 1. The van der Waals surface area contributed by atoms with E-state index < -0.39 is 23.3 Å². The zero-order chi connectivity index (χ0) is 12.9. The fourth-order valence-electron chi connectivity index (χ4n) is 1.09. The number of ether oxygens (including phenoxy) is 1. The third-order valence-electron chi connectivity index (χ3n) is 1.97. The van der Waals surface area contributed by atoms with E-state index in [0.717, 1.165) is 0 Å². The Bertz CT molecular complexity index is 255. The zero-order valence-corrected chi connectivity index (χ0v) is 10.5. The summed E-state index contributed by atoms with van der Waals surface area (Å²) in [5.41, 5.74) is -0.528. The molecule has 16 heavy (non-hydrogen) atoms. The summed E-state index contributed by atoms with van der Waals surface area (Å²) in [5.74, 6) is -1.44. The van der Waals surface area contributed by atoms with Gasteiger partial charge in [-0.05, 0) is 19.3 Å². The summed E-state index contributed by atoms with van der Waals surface area (Å²) in [7, 11) is 0. The standard InChI is InChI=1S/C11H21NO4/c1-7(2)16-6-8(13)12-9(10(14)15)11(3,4)5/h7,9H,6H2,1-5H3,(H,12,13)(H,14,15)/t9-/m0/s1. The monoisotopic (exact) mass is 231 g/mol. The molecule has 0 saturated carbocycles. The molecule has 2 N–H and O–H groups in total. The lowest BCUT2D eigenvalue weighted by Gasteiger charge is -2.27. The van der Waals surface area contributed by atoms with Crippen LogP contribution in [-0.4, -0.2) is 35.7 Å². The maximum Gasteiger partial charge on any atom is 0.326 e. The first-order valence-electron chi connectivity index (χ1n) is 5.28. The molecule has 5 nitrogen and oxygen atoms in total. The minimum absolute atomic E-state index is 0.0522. The molecule has 0 radical (unpaired) electrons. The van der Waals surface area contributed by atoms with Crippen LogP contribution >= 0.6 is 0 Å². The van der Waals surface area contributed by atoms with Gasteiger partial charge in [-0.25, -0.2) is 4.79 Å². The SMILES string of the molecule is CC(C)OCC(=O)N[C@@H](C(=O)O)C(C)(C)C. The van der Waals surface area contributed by atoms with Crippen LogP contribution in [0.4, 0.5) is 0 Å². The number of carboxylic acids is 1. The largest absolute Gasteiger partial charge is 0.480 e. The van der Waals surface area contributed by atoms with Crippen LogP contribution in [0.15, 0.2) is 0 Å². The van der Waals surface area contributed by atoms with Gasteiger partial charge in [-0.2, -0.15) is 0 Å². The van der Waals surface area contributed by atoms with Crippen molar-refractivity contribution in [2.24, 2.45) is 5.41 Å². The molecule has 0 unspecified atom stereocenters. The third-order valence-corrected chi connectivity index (χ3v) is 1.97. The number of hydrogen-bond donors (Lipinski definition) is 2. The summed E-state index contributed by atoms with van der Waals surface area (Å²) in [6.07, 6.45) is -0.0522. The Hall–Kier alpha value is -1.10. The molecule has 0 aliphatic heterocycles. The summed E-state index contributed by atoms with van der Waals surface area (Å²) in [5, 5.41) is 11.4. The maximum absolute atomic E-state index is 11.4. The number of hydrogen-bond acceptors (Lipinski definition) is 3. The summed E-state index contributed by atoms with van der Waals surface area (Å²) in [4.78, 5) is 22.4. The van der Waals surface area contributed by atoms with Gasteiger partial charge in [0.1, 0.15) is 12.6 Å². The van der Waals surface area contributed by atoms with Gasteiger partial charge >= 0.3 is 5.97 Å². The lowest BCUT2D eigenvalue weighted by Crippen LogP contribution is -2.50. The molecule has 5 heteroatoms. The van der Waals surface area contributed by atoms with Crippen LogP contribution in [0.3, 0.4) is 0 Å². The van der Waals surface area contributed by atoms with Crippen LogP contribution < -0.4 is 5.32 Å². The molecule has 94 valence electrons. The Kier molecular flexibility index (Phi) is 5.44. The van der Waals surface area contributed by atoms with Crippen molar-refractivity contribution in [2.75, 3.05) is 6.61 Å². The van der Waals surface area contributed by atoms with E-state index in [1.165, 1.54) is 0 Å². The molecule has 0 spiro atoms. The van der Waals surface area contributed by atoms with Crippen LogP contribution in [-0.2, 0) is 14.3 Å². The molecule has 0 rings (SSSR count). The van der Waals surface area contributed by atoms with Crippen LogP contribution in [0.5, 0.6) is 0 Å². The van der Waals surface area contributed by atoms with Crippen LogP contribution in [0.1, 0.15) is 34.6 Å². The first-order valence-corrected chi connectivity index (χ1v) is 5.28. The Balaban J connectivity index is 4.32. The van der Waals surface area contributed by atoms with Crippen molar-refractivity contribution in [3.05, 3.63) is 0 Å². The number of aliphatic carboxylic acids is 1. The highest BCUT2D eigenvalue weighted by Crippen LogP contribution is 2.19. The molecule has 0 aliphatic rings. The van der Waals surface area contributed by atoms with Gasteiger partial charge < -0.3 is 15.2 Å². The highest BCUT2D eigenvalue weighted by molar-refractivity contribution is 5.84. The van der Waals surface area contributed by atoms with Crippen molar-refractivity contribution < 1.29 is 19.4 Å². The van der Waals surface area contributed by atoms with Gasteiger partial charge in [-0.15, -0.1) is 0 Å². The molecular weight excluding hydrogens is 210 g/mol. The second kappa shape index (κ2) is 5.84. The Labute approximate surface area is 96.2 Å². The predicted molar refractivity (Wildman–Crippen MR) is 60.1 cm³/mol. The van der Waals surface area contributed by atoms with Gasteiger partial charge in [0.05, 0.1) is 6.10 Å². The average Bonchev–Trinajstić information content (AvgIpc) is 2.08. The van der Waals surface area contributed by atoms with E-state index in [1.54, 1.807) is 20.8 Å². The van der Waals surface area contributed by atoms with Gasteiger partial charge in [0.2, 0.25) is 5.91 Å². The predicted octanol–water partition coefficient (Wildman–Crippen LogP) is 1.03. The van der Waals surface area contributed by atoms with E-state index in [-0.39, 0.29) is 12.7 Å². The van der Waals surface area contributed by atoms with Crippen molar-refractivity contribution in [2.45, 2.75) is 46.8 Å². The zero-order valence-electron chi connectivity index (χ0n) is 10.5. The Morgan fingerprint density at radius 1 is 1.31 bits per heavy atom. The normalized spacial score (nSPS) is 13.6. The summed E-state index contributed by atoms with van der Waals surface area (Å²) >= 11 is 0. The minimum atomic E-state index is -1.04. The lowest BCUT2D eigenvalue weighted by atomic mass is 9.87. The average molecular weight is 231 g/mol. The van der Waals surface area contributed by atoms with E-state index in [1.807, 2.05) is 13.8 Å². The van der Waals surface area contributed by atoms with Crippen molar-refractivity contribution in [1.82, 2.24) is 5.32 Å². The summed E-state index contributed by atoms with van der Waals surface area (Å²) in [6.45, 7) is 8.79. The molecule has 0 aromatic carbocycles.